The van der Waals surface area contributed by atoms with Crippen LogP contribution in [0.2, 0.25) is 0 Å². The minimum atomic E-state index is -0.127. The van der Waals surface area contributed by atoms with Crippen molar-refractivity contribution in [2.24, 2.45) is 0 Å². The van der Waals surface area contributed by atoms with E-state index >= 15 is 0 Å². The van der Waals surface area contributed by atoms with E-state index in [1.54, 1.807) is 0 Å². The van der Waals surface area contributed by atoms with Crippen molar-refractivity contribution in [1.82, 2.24) is 0 Å². The zero-order valence-electron chi connectivity index (χ0n) is 5.50. The monoisotopic (exact) mass is 134 g/mol. The Bertz CT molecular complexity index is 222. The van der Waals surface area contributed by atoms with Gasteiger partial charge in [0.2, 0.25) is 0 Å². The molecule has 1 aromatic rings. The molecule has 1 aromatic carbocycles. The smallest absolute Gasteiger partial charge is 0.170 e. The minimum Gasteiger partial charge on any atom is -0.469 e. The van der Waals surface area contributed by atoms with E-state index < -0.39 is 0 Å². The first kappa shape index (κ1) is 5.59. The summed E-state index contributed by atoms with van der Waals surface area (Å²) in [6.45, 7) is 3.72. The summed E-state index contributed by atoms with van der Waals surface area (Å²) in [5.41, 5.74) is 1.03. The highest BCUT2D eigenvalue weighted by Gasteiger charge is 2.15. The second-order valence-corrected chi connectivity index (χ2v) is 2.25. The average Bonchev–Trinajstić information content (AvgIpc) is 2.27. The van der Waals surface area contributed by atoms with Crippen LogP contribution in [0.1, 0.15) is 0 Å². The third kappa shape index (κ3) is 0.727. The van der Waals surface area contributed by atoms with Gasteiger partial charge in [-0.05, 0) is 12.1 Å². The summed E-state index contributed by atoms with van der Waals surface area (Å²) < 4.78 is 5.28. The maximum Gasteiger partial charge on any atom is 0.170 e. The van der Waals surface area contributed by atoms with Crippen LogP contribution in [0.25, 0.3) is 0 Å². The van der Waals surface area contributed by atoms with E-state index in [1.165, 1.54) is 0 Å². The van der Waals surface area contributed by atoms with Gasteiger partial charge in [-0.1, -0.05) is 12.1 Å². The normalized spacial score (nSPS) is 21.1. The van der Waals surface area contributed by atoms with Gasteiger partial charge in [0.05, 0.1) is 5.69 Å². The maximum absolute atomic E-state index is 5.28. The molecule has 0 saturated heterocycles. The van der Waals surface area contributed by atoms with Crippen LogP contribution in [0.5, 0.6) is 5.75 Å². The van der Waals surface area contributed by atoms with Crippen LogP contribution >= 0.6 is 0 Å². The first-order chi connectivity index (χ1) is 4.86. The second kappa shape index (κ2) is 1.90. The first-order valence-electron chi connectivity index (χ1n) is 3.21. The summed E-state index contributed by atoms with van der Waals surface area (Å²) in [6.07, 6.45) is -0.127. The van der Waals surface area contributed by atoms with E-state index in [2.05, 4.69) is 12.2 Å². The number of hydrogen-bond acceptors (Lipinski definition) is 2. The van der Waals surface area contributed by atoms with E-state index in [9.17, 15) is 0 Å². The number of para-hydroxylation sites is 2. The fourth-order valence-corrected chi connectivity index (χ4v) is 1.04. The molecular formula is C8H8NO. The van der Waals surface area contributed by atoms with Crippen molar-refractivity contribution in [1.29, 1.82) is 0 Å². The largest absolute Gasteiger partial charge is 0.469 e. The Morgan fingerprint density at radius 2 is 2.20 bits per heavy atom. The van der Waals surface area contributed by atoms with Crippen molar-refractivity contribution in [3.8, 4) is 5.75 Å². The van der Waals surface area contributed by atoms with Gasteiger partial charge in [0.15, 0.2) is 6.23 Å². The predicted molar refractivity (Wildman–Crippen MR) is 39.8 cm³/mol. The lowest BCUT2D eigenvalue weighted by molar-refractivity contribution is 0.300. The second-order valence-electron chi connectivity index (χ2n) is 2.25. The Morgan fingerprint density at radius 3 is 3.00 bits per heavy atom. The molecule has 0 aliphatic carbocycles. The molecule has 2 nitrogen and oxygen atoms in total. The Morgan fingerprint density at radius 1 is 1.40 bits per heavy atom. The van der Waals surface area contributed by atoms with Crippen LogP contribution in [0.15, 0.2) is 24.3 Å². The first-order valence-corrected chi connectivity index (χ1v) is 3.21. The molecule has 2 heteroatoms. The fraction of sp³-hybridized carbons (Fsp3) is 0.125. The molecule has 0 spiro atoms. The summed E-state index contributed by atoms with van der Waals surface area (Å²) in [6, 6.07) is 7.81. The van der Waals surface area contributed by atoms with Gasteiger partial charge in [-0.15, -0.1) is 0 Å². The van der Waals surface area contributed by atoms with Gasteiger partial charge in [0, 0.05) is 6.92 Å². The van der Waals surface area contributed by atoms with Crippen molar-refractivity contribution in [2.45, 2.75) is 6.23 Å². The van der Waals surface area contributed by atoms with Crippen LogP contribution in [-0.4, -0.2) is 6.23 Å². The molecule has 1 aliphatic rings. The number of hydrogen-bond donors (Lipinski definition) is 1. The summed E-state index contributed by atoms with van der Waals surface area (Å²) in [5.74, 6) is 0.891. The van der Waals surface area contributed by atoms with E-state index in [-0.39, 0.29) is 6.23 Å². The quantitative estimate of drug-likeness (QED) is 0.582. The van der Waals surface area contributed by atoms with Crippen LogP contribution < -0.4 is 10.1 Å². The number of ether oxygens (including phenoxy) is 1. The van der Waals surface area contributed by atoms with Crippen molar-refractivity contribution in [3.05, 3.63) is 31.2 Å². The van der Waals surface area contributed by atoms with Crippen LogP contribution in [0, 0.1) is 6.92 Å². The van der Waals surface area contributed by atoms with E-state index in [0.717, 1.165) is 11.4 Å². The number of benzene rings is 1. The fourth-order valence-electron chi connectivity index (χ4n) is 1.04. The Balaban J connectivity index is 2.42. The highest BCUT2D eigenvalue weighted by atomic mass is 16.5. The third-order valence-corrected chi connectivity index (χ3v) is 1.47. The third-order valence-electron chi connectivity index (χ3n) is 1.47. The van der Waals surface area contributed by atoms with Crippen LogP contribution in [-0.2, 0) is 0 Å². The molecule has 1 heterocycles. The van der Waals surface area contributed by atoms with E-state index in [1.807, 2.05) is 24.3 Å². The van der Waals surface area contributed by atoms with Gasteiger partial charge in [0.25, 0.3) is 0 Å². The number of rotatable bonds is 0. The molecule has 1 aliphatic heterocycles. The standard InChI is InChI=1S/C8H8NO/c1-6-9-7-4-2-3-5-8(7)10-6/h2-6,9H,1H2. The molecule has 1 radical (unpaired) electrons. The zero-order chi connectivity index (χ0) is 6.97. The lowest BCUT2D eigenvalue weighted by Gasteiger charge is -2.00. The highest BCUT2D eigenvalue weighted by Crippen LogP contribution is 2.30. The SMILES string of the molecule is [CH2]C1Nc2ccccc2O1. The molecule has 0 bridgehead atoms. The van der Waals surface area contributed by atoms with Gasteiger partial charge in [-0.3, -0.25) is 0 Å². The lowest BCUT2D eigenvalue weighted by Crippen LogP contribution is -2.14. The van der Waals surface area contributed by atoms with Crippen molar-refractivity contribution in [2.75, 3.05) is 5.32 Å². The molecular weight excluding hydrogens is 126 g/mol. The summed E-state index contributed by atoms with van der Waals surface area (Å²) >= 11 is 0. The van der Waals surface area contributed by atoms with Gasteiger partial charge in [0.1, 0.15) is 5.75 Å². The summed E-state index contributed by atoms with van der Waals surface area (Å²) in [5, 5.41) is 3.06. The highest BCUT2D eigenvalue weighted by molar-refractivity contribution is 5.59. The zero-order valence-corrected chi connectivity index (χ0v) is 5.50. The molecule has 0 amide bonds. The molecule has 51 valence electrons. The molecule has 0 fully saturated rings. The summed E-state index contributed by atoms with van der Waals surface area (Å²) in [7, 11) is 0. The topological polar surface area (TPSA) is 21.3 Å². The van der Waals surface area contributed by atoms with Gasteiger partial charge in [-0.2, -0.15) is 0 Å². The molecule has 1 unspecified atom stereocenters. The number of anilines is 1. The van der Waals surface area contributed by atoms with Crippen molar-refractivity contribution in [3.63, 3.8) is 0 Å². The summed E-state index contributed by atoms with van der Waals surface area (Å²) in [4.78, 5) is 0. The van der Waals surface area contributed by atoms with E-state index in [0.29, 0.717) is 0 Å². The molecule has 0 saturated carbocycles. The molecule has 1 atom stereocenters. The maximum atomic E-state index is 5.28. The van der Waals surface area contributed by atoms with Crippen LogP contribution in [0.4, 0.5) is 5.69 Å². The van der Waals surface area contributed by atoms with Gasteiger partial charge in [-0.25, -0.2) is 0 Å². The van der Waals surface area contributed by atoms with Crippen LogP contribution in [0.3, 0.4) is 0 Å². The molecule has 2 rings (SSSR count). The number of nitrogens with one attached hydrogen (secondary N) is 1. The van der Waals surface area contributed by atoms with Gasteiger partial charge >= 0.3 is 0 Å². The van der Waals surface area contributed by atoms with Crippen molar-refractivity contribution >= 4 is 5.69 Å². The molecule has 0 aromatic heterocycles. The molecule has 10 heavy (non-hydrogen) atoms. The lowest BCUT2D eigenvalue weighted by atomic mass is 10.3. The average molecular weight is 134 g/mol. The Kier molecular flexibility index (Phi) is 1.07. The predicted octanol–water partition coefficient (Wildman–Crippen LogP) is 1.65. The Labute approximate surface area is 59.8 Å². The minimum absolute atomic E-state index is 0.127. The Hall–Kier alpha value is -1.18. The van der Waals surface area contributed by atoms with E-state index in [4.69, 9.17) is 4.74 Å². The number of fused-ring (bicyclic) bond motifs is 1. The molecule has 1 N–H and O–H groups in total. The van der Waals surface area contributed by atoms with Crippen molar-refractivity contribution < 1.29 is 4.74 Å². The van der Waals surface area contributed by atoms with Gasteiger partial charge < -0.3 is 10.1 Å².